The molecular formula is C21H25N5O2. The molecule has 1 aromatic carbocycles. The molecule has 2 atom stereocenters. The van der Waals surface area contributed by atoms with Gasteiger partial charge in [0.15, 0.2) is 11.6 Å². The average Bonchev–Trinajstić information content (AvgIpc) is 3.53. The Labute approximate surface area is 164 Å². The molecule has 0 bridgehead atoms. The molecule has 0 radical (unpaired) electrons. The Morgan fingerprint density at radius 3 is 2.43 bits per heavy atom. The topological polar surface area (TPSA) is 57.3 Å². The molecule has 0 amide bonds. The van der Waals surface area contributed by atoms with Crippen LogP contribution in [0.25, 0.3) is 17.3 Å². The molecule has 0 N–H and O–H groups in total. The van der Waals surface area contributed by atoms with Crippen LogP contribution in [0.15, 0.2) is 49.1 Å². The van der Waals surface area contributed by atoms with Crippen molar-refractivity contribution in [1.29, 1.82) is 0 Å². The summed E-state index contributed by atoms with van der Waals surface area (Å²) in [7, 11) is 1.68. The van der Waals surface area contributed by atoms with Gasteiger partial charge in [0, 0.05) is 30.5 Å². The first-order chi connectivity index (χ1) is 13.8. The molecule has 4 heterocycles. The fourth-order valence-electron chi connectivity index (χ4n) is 4.39. The van der Waals surface area contributed by atoms with Crippen LogP contribution in [0.3, 0.4) is 0 Å². The molecule has 2 aliphatic heterocycles. The van der Waals surface area contributed by atoms with Crippen molar-refractivity contribution in [2.75, 3.05) is 33.4 Å². The molecule has 2 saturated heterocycles. The zero-order valence-corrected chi connectivity index (χ0v) is 16.1. The summed E-state index contributed by atoms with van der Waals surface area (Å²) in [6.45, 7) is 3.83. The first kappa shape index (κ1) is 17.5. The lowest BCUT2D eigenvalue weighted by Gasteiger charge is -2.29. The quantitative estimate of drug-likeness (QED) is 0.682. The van der Waals surface area contributed by atoms with Gasteiger partial charge >= 0.3 is 0 Å². The summed E-state index contributed by atoms with van der Waals surface area (Å²) in [5.41, 5.74) is 1.03. The van der Waals surface area contributed by atoms with Crippen LogP contribution in [0.5, 0.6) is 5.75 Å². The van der Waals surface area contributed by atoms with Crippen LogP contribution in [0.4, 0.5) is 0 Å². The van der Waals surface area contributed by atoms with Gasteiger partial charge in [-0.15, -0.1) is 0 Å². The maximum absolute atomic E-state index is 5.89. The van der Waals surface area contributed by atoms with E-state index in [2.05, 4.69) is 30.2 Å². The van der Waals surface area contributed by atoms with Crippen LogP contribution in [0.1, 0.15) is 18.9 Å². The zero-order valence-electron chi connectivity index (χ0n) is 16.1. The number of benzene rings is 1. The summed E-state index contributed by atoms with van der Waals surface area (Å²) >= 11 is 0. The summed E-state index contributed by atoms with van der Waals surface area (Å²) < 4.78 is 15.5. The largest absolute Gasteiger partial charge is 0.497 e. The molecule has 0 unspecified atom stereocenters. The molecule has 7 heteroatoms. The van der Waals surface area contributed by atoms with E-state index in [-0.39, 0.29) is 6.04 Å². The van der Waals surface area contributed by atoms with Crippen molar-refractivity contribution in [1.82, 2.24) is 24.0 Å². The molecule has 3 aromatic rings. The lowest BCUT2D eigenvalue weighted by molar-refractivity contribution is 0.158. The Morgan fingerprint density at radius 1 is 0.929 bits per heavy atom. The van der Waals surface area contributed by atoms with Crippen molar-refractivity contribution >= 4 is 0 Å². The van der Waals surface area contributed by atoms with Crippen LogP contribution in [-0.2, 0) is 4.74 Å². The normalized spacial score (nSPS) is 22.8. The first-order valence-corrected chi connectivity index (χ1v) is 9.88. The van der Waals surface area contributed by atoms with Gasteiger partial charge in [0.2, 0.25) is 0 Å². The summed E-state index contributed by atoms with van der Waals surface area (Å²) in [6.07, 6.45) is 10.3. The minimum Gasteiger partial charge on any atom is -0.497 e. The van der Waals surface area contributed by atoms with Gasteiger partial charge in [-0.2, -0.15) is 0 Å². The standard InChI is InChI=1S/C21H25N5O2/c1-27-17-6-4-16(5-7-17)25-12-8-22-20(25)21-23-9-13-26(21)19-15-28-14-18(19)24-10-2-3-11-24/h4-9,12-13,18-19H,2-3,10-11,14-15H2,1H3/t18-,19-/m0/s1. The van der Waals surface area contributed by atoms with E-state index in [1.165, 1.54) is 12.8 Å². The van der Waals surface area contributed by atoms with E-state index in [4.69, 9.17) is 9.47 Å². The van der Waals surface area contributed by atoms with E-state index in [0.717, 1.165) is 42.8 Å². The molecular weight excluding hydrogens is 354 g/mol. The smallest absolute Gasteiger partial charge is 0.181 e. The van der Waals surface area contributed by atoms with Crippen LogP contribution in [0.2, 0.25) is 0 Å². The van der Waals surface area contributed by atoms with Crippen molar-refractivity contribution in [2.24, 2.45) is 0 Å². The van der Waals surface area contributed by atoms with Gasteiger partial charge in [0.25, 0.3) is 0 Å². The van der Waals surface area contributed by atoms with Crippen molar-refractivity contribution in [2.45, 2.75) is 24.9 Å². The summed E-state index contributed by atoms with van der Waals surface area (Å²) in [4.78, 5) is 11.9. The monoisotopic (exact) mass is 379 g/mol. The van der Waals surface area contributed by atoms with Crippen LogP contribution in [-0.4, -0.2) is 63.5 Å². The highest BCUT2D eigenvalue weighted by molar-refractivity contribution is 5.52. The second kappa shape index (κ2) is 7.41. The highest BCUT2D eigenvalue weighted by Gasteiger charge is 2.36. The summed E-state index contributed by atoms with van der Waals surface area (Å²) in [5.74, 6) is 2.55. The predicted octanol–water partition coefficient (Wildman–Crippen LogP) is 2.78. The Bertz CT molecular complexity index is 926. The minimum absolute atomic E-state index is 0.261. The van der Waals surface area contributed by atoms with E-state index in [0.29, 0.717) is 12.6 Å². The molecule has 5 rings (SSSR count). The third-order valence-electron chi connectivity index (χ3n) is 5.85. The maximum atomic E-state index is 5.89. The van der Waals surface area contributed by atoms with E-state index in [1.807, 2.05) is 42.9 Å². The second-order valence-electron chi connectivity index (χ2n) is 7.39. The van der Waals surface area contributed by atoms with Gasteiger partial charge in [-0.1, -0.05) is 0 Å². The number of nitrogens with zero attached hydrogens (tertiary/aromatic N) is 5. The molecule has 0 spiro atoms. The second-order valence-corrected chi connectivity index (χ2v) is 7.39. The highest BCUT2D eigenvalue weighted by atomic mass is 16.5. The predicted molar refractivity (Wildman–Crippen MR) is 106 cm³/mol. The number of rotatable bonds is 5. The zero-order chi connectivity index (χ0) is 18.9. The molecule has 0 aliphatic carbocycles. The molecule has 2 aliphatic rings. The number of hydrogen-bond acceptors (Lipinski definition) is 5. The van der Waals surface area contributed by atoms with Gasteiger partial charge in [-0.05, 0) is 50.2 Å². The fraction of sp³-hybridized carbons (Fsp3) is 0.429. The van der Waals surface area contributed by atoms with Crippen molar-refractivity contribution < 1.29 is 9.47 Å². The van der Waals surface area contributed by atoms with E-state index >= 15 is 0 Å². The van der Waals surface area contributed by atoms with E-state index in [9.17, 15) is 0 Å². The lowest BCUT2D eigenvalue weighted by atomic mass is 10.1. The van der Waals surface area contributed by atoms with Crippen molar-refractivity contribution in [3.05, 3.63) is 49.1 Å². The number of aromatic nitrogens is 4. The first-order valence-electron chi connectivity index (χ1n) is 9.88. The fourth-order valence-corrected chi connectivity index (χ4v) is 4.39. The molecule has 7 nitrogen and oxygen atoms in total. The Balaban J connectivity index is 1.49. The van der Waals surface area contributed by atoms with Crippen molar-refractivity contribution in [3.63, 3.8) is 0 Å². The molecule has 28 heavy (non-hydrogen) atoms. The number of hydrogen-bond donors (Lipinski definition) is 0. The Kier molecular flexibility index (Phi) is 4.62. The number of methoxy groups -OCH3 is 1. The van der Waals surface area contributed by atoms with Gasteiger partial charge in [0.05, 0.1) is 32.4 Å². The minimum atomic E-state index is 0.261. The SMILES string of the molecule is COc1ccc(-n2ccnc2-c2nccn2[C@H]2COC[C@@H]2N2CCCC2)cc1. The van der Waals surface area contributed by atoms with Crippen LogP contribution in [0, 0.1) is 0 Å². The summed E-state index contributed by atoms with van der Waals surface area (Å²) in [5, 5.41) is 0. The molecule has 146 valence electrons. The van der Waals surface area contributed by atoms with Gasteiger partial charge in [0.1, 0.15) is 5.75 Å². The Morgan fingerprint density at radius 2 is 1.64 bits per heavy atom. The molecule has 2 fully saturated rings. The van der Waals surface area contributed by atoms with Gasteiger partial charge < -0.3 is 14.0 Å². The van der Waals surface area contributed by atoms with E-state index in [1.54, 1.807) is 7.11 Å². The third-order valence-corrected chi connectivity index (χ3v) is 5.85. The van der Waals surface area contributed by atoms with E-state index < -0.39 is 0 Å². The van der Waals surface area contributed by atoms with Gasteiger partial charge in [-0.25, -0.2) is 9.97 Å². The maximum Gasteiger partial charge on any atom is 0.181 e. The van der Waals surface area contributed by atoms with Gasteiger partial charge in [-0.3, -0.25) is 9.47 Å². The van der Waals surface area contributed by atoms with Crippen molar-refractivity contribution in [3.8, 4) is 23.1 Å². The third kappa shape index (κ3) is 3.00. The molecule has 2 aromatic heterocycles. The number of likely N-dealkylation sites (tertiary alicyclic amines) is 1. The summed E-state index contributed by atoms with van der Waals surface area (Å²) in [6, 6.07) is 8.64. The molecule has 0 saturated carbocycles. The van der Waals surface area contributed by atoms with Crippen LogP contribution < -0.4 is 4.74 Å². The highest BCUT2D eigenvalue weighted by Crippen LogP contribution is 2.31. The Hall–Kier alpha value is -2.64. The number of ether oxygens (including phenoxy) is 2. The average molecular weight is 379 g/mol. The lowest BCUT2D eigenvalue weighted by Crippen LogP contribution is -2.39. The van der Waals surface area contributed by atoms with Crippen LogP contribution >= 0.6 is 0 Å². The number of imidazole rings is 2.